The number of rotatable bonds is 1. The molecule has 1 radical (unpaired) electrons. The molecule has 0 aliphatic heterocycles. The highest BCUT2D eigenvalue weighted by atomic mass is 79.9. The zero-order valence-corrected chi connectivity index (χ0v) is 8.75. The van der Waals surface area contributed by atoms with Crippen LogP contribution in [-0.4, -0.2) is 16.0 Å². The van der Waals surface area contributed by atoms with E-state index in [-0.39, 0.29) is 16.0 Å². The van der Waals surface area contributed by atoms with Gasteiger partial charge >= 0.3 is 16.0 Å². The van der Waals surface area contributed by atoms with Crippen LogP contribution in [0.4, 0.5) is 0 Å². The normalized spacial score (nSPS) is 5.00. The van der Waals surface area contributed by atoms with Gasteiger partial charge < -0.3 is 0 Å². The molecule has 39 valence electrons. The van der Waals surface area contributed by atoms with Crippen molar-refractivity contribution in [3.63, 3.8) is 0 Å². The van der Waals surface area contributed by atoms with Crippen molar-refractivity contribution in [2.75, 3.05) is 0 Å². The van der Waals surface area contributed by atoms with Crippen LogP contribution < -0.4 is 0 Å². The van der Waals surface area contributed by atoms with E-state index in [0.29, 0.717) is 0 Å². The van der Waals surface area contributed by atoms with E-state index in [9.17, 15) is 0 Å². The van der Waals surface area contributed by atoms with Crippen molar-refractivity contribution in [2.24, 2.45) is 0 Å². The van der Waals surface area contributed by atoms with E-state index in [1.54, 1.807) is 6.08 Å². The number of hydrogen-bond donors (Lipinski definition) is 0. The average Bonchev–Trinajstić information content (AvgIpc) is 1.69. The fourth-order valence-corrected chi connectivity index (χ4v) is 0. The molecule has 0 spiro atoms. The third-order valence-electron chi connectivity index (χ3n) is 0.204. The van der Waals surface area contributed by atoms with Gasteiger partial charge in [0.2, 0.25) is 0 Å². The van der Waals surface area contributed by atoms with E-state index < -0.39 is 0 Å². The van der Waals surface area contributed by atoms with Gasteiger partial charge in [-0.1, -0.05) is 6.08 Å². The minimum Gasteiger partial charge on any atom is -0.280 e. The minimum atomic E-state index is 0.0417. The summed E-state index contributed by atoms with van der Waals surface area (Å²) in [6.45, 7) is 6.90. The molecule has 0 aromatic rings. The molecule has 0 bridgehead atoms. The summed E-state index contributed by atoms with van der Waals surface area (Å²) in [6, 6.07) is 0. The maximum absolute atomic E-state index is 3.49. The lowest BCUT2D eigenvalue weighted by atomic mass is 10.5. The molecule has 0 atom stereocenters. The van der Waals surface area contributed by atoms with Gasteiger partial charge in [-0.3, -0.25) is 25.8 Å². The van der Waals surface area contributed by atoms with Crippen LogP contribution in [0.15, 0.2) is 12.7 Å². The highest BCUT2D eigenvalue weighted by molar-refractivity contribution is 9.47. The predicted octanol–water partition coefficient (Wildman–Crippen LogP) is 2.71. The standard InChI is InChI=1S/C4H7.2BrH.Mg/c1-3-4-2;;;/h3H,1-2,4H2;2*1H;/q;;;+2/p-2. The predicted molar refractivity (Wildman–Crippen MR) is 43.8 cm³/mol. The average molecular weight is 239 g/mol. The zero-order chi connectivity index (χ0) is 6.12. The van der Waals surface area contributed by atoms with Crippen LogP contribution in [0.5, 0.6) is 0 Å². The lowest BCUT2D eigenvalue weighted by molar-refractivity contribution is 1.42. The third kappa shape index (κ3) is 36.7. The van der Waals surface area contributed by atoms with Crippen LogP contribution in [0.2, 0.25) is 0 Å². The van der Waals surface area contributed by atoms with Gasteiger partial charge in [0.25, 0.3) is 0 Å². The van der Waals surface area contributed by atoms with Crippen molar-refractivity contribution in [1.82, 2.24) is 0 Å². The molecule has 0 rings (SSSR count). The van der Waals surface area contributed by atoms with Gasteiger partial charge in [0.15, 0.2) is 0 Å². The summed E-state index contributed by atoms with van der Waals surface area (Å²) in [5.74, 6) is 0. The zero-order valence-electron chi connectivity index (χ0n) is 4.16. The molecule has 0 aliphatic rings. The number of allylic oxidation sites excluding steroid dienone is 1. The quantitative estimate of drug-likeness (QED) is 0.487. The molecule has 0 amide bonds. The Bertz CT molecular complexity index is 30.9. The molecule has 0 saturated carbocycles. The van der Waals surface area contributed by atoms with Gasteiger partial charge in [0.1, 0.15) is 0 Å². The van der Waals surface area contributed by atoms with Crippen LogP contribution >= 0.6 is 25.8 Å². The summed E-state index contributed by atoms with van der Waals surface area (Å²) in [5.41, 5.74) is 0. The molecule has 0 saturated heterocycles. The first-order valence-electron chi connectivity index (χ1n) is 1.85. The van der Waals surface area contributed by atoms with Gasteiger partial charge in [0, 0.05) is 0 Å². The molecule has 7 heavy (non-hydrogen) atoms. The van der Waals surface area contributed by atoms with Crippen molar-refractivity contribution in [2.45, 2.75) is 6.42 Å². The smallest absolute Gasteiger partial charge is 0.280 e. The SMILES string of the molecule is [Br][Mg][Br].[CH2]CC=C. The molecule has 0 fully saturated rings. The van der Waals surface area contributed by atoms with E-state index in [4.69, 9.17) is 0 Å². The fraction of sp³-hybridized carbons (Fsp3) is 0.250. The maximum atomic E-state index is 3.49. The summed E-state index contributed by atoms with van der Waals surface area (Å²) < 4.78 is 0. The van der Waals surface area contributed by atoms with E-state index >= 15 is 0 Å². The summed E-state index contributed by atoms with van der Waals surface area (Å²) in [6.07, 6.45) is 2.60. The molecular formula is C4H7Br2Mg. The van der Waals surface area contributed by atoms with Gasteiger partial charge in [-0.15, -0.1) is 6.58 Å². The molecular weight excluding hydrogens is 232 g/mol. The van der Waals surface area contributed by atoms with Crippen LogP contribution in [0.25, 0.3) is 0 Å². The first kappa shape index (κ1) is 11.3. The van der Waals surface area contributed by atoms with Crippen molar-refractivity contribution >= 4 is 41.8 Å². The van der Waals surface area contributed by atoms with Gasteiger partial charge in [-0.05, 0) is 13.3 Å². The Kier molecular flexibility index (Phi) is 25.2. The number of hydrogen-bond acceptors (Lipinski definition) is 0. The molecule has 0 heterocycles. The monoisotopic (exact) mass is 237 g/mol. The molecule has 3 heteroatoms. The van der Waals surface area contributed by atoms with Crippen LogP contribution in [0, 0.1) is 6.92 Å². The second-order valence-corrected chi connectivity index (χ2v) is 8.76. The highest BCUT2D eigenvalue weighted by Gasteiger charge is 1.62. The Labute approximate surface area is 67.2 Å². The Balaban J connectivity index is 0. The number of halogens is 2. The summed E-state index contributed by atoms with van der Waals surface area (Å²) in [7, 11) is 0. The molecule has 0 aliphatic carbocycles. The molecule has 0 aromatic heterocycles. The first-order valence-corrected chi connectivity index (χ1v) is 9.65. The van der Waals surface area contributed by atoms with Crippen molar-refractivity contribution in [3.8, 4) is 0 Å². The molecule has 0 N–H and O–H groups in total. The lowest BCUT2D eigenvalue weighted by Crippen LogP contribution is -1.37. The van der Waals surface area contributed by atoms with Crippen molar-refractivity contribution < 1.29 is 0 Å². The van der Waals surface area contributed by atoms with Crippen molar-refractivity contribution in [1.29, 1.82) is 0 Å². The van der Waals surface area contributed by atoms with Gasteiger partial charge in [0.05, 0.1) is 0 Å². The molecule has 0 aromatic carbocycles. The topological polar surface area (TPSA) is 0 Å². The van der Waals surface area contributed by atoms with Crippen LogP contribution in [0.3, 0.4) is 0 Å². The maximum Gasteiger partial charge on any atom is 0.560 e. The summed E-state index contributed by atoms with van der Waals surface area (Å²) in [4.78, 5) is 0. The van der Waals surface area contributed by atoms with Gasteiger partial charge in [-0.25, -0.2) is 0 Å². The fourth-order valence-electron chi connectivity index (χ4n) is 0. The minimum absolute atomic E-state index is 0.0417. The molecule has 0 nitrogen and oxygen atoms in total. The van der Waals surface area contributed by atoms with E-state index in [0.717, 1.165) is 6.42 Å². The largest absolute Gasteiger partial charge is 0.560 e. The van der Waals surface area contributed by atoms with Crippen molar-refractivity contribution in [3.05, 3.63) is 19.6 Å². The van der Waals surface area contributed by atoms with Crippen LogP contribution in [0.1, 0.15) is 6.42 Å². The van der Waals surface area contributed by atoms with E-state index in [2.05, 4.69) is 39.3 Å². The summed E-state index contributed by atoms with van der Waals surface area (Å²) >= 11 is 6.44. The van der Waals surface area contributed by atoms with Crippen LogP contribution in [-0.2, 0) is 0 Å². The third-order valence-corrected chi connectivity index (χ3v) is 0.204. The Hall–Kier alpha value is 1.47. The van der Waals surface area contributed by atoms with Gasteiger partial charge in [-0.2, -0.15) is 0 Å². The Morgan fingerprint density at radius 3 is 1.71 bits per heavy atom. The summed E-state index contributed by atoms with van der Waals surface area (Å²) in [5, 5.41) is 0. The van der Waals surface area contributed by atoms with E-state index in [1.807, 2.05) is 0 Å². The Morgan fingerprint density at radius 2 is 1.71 bits per heavy atom. The Morgan fingerprint density at radius 1 is 1.57 bits per heavy atom. The highest BCUT2D eigenvalue weighted by Crippen LogP contribution is 1.77. The second-order valence-electron chi connectivity index (χ2n) is 0.678. The van der Waals surface area contributed by atoms with E-state index in [1.165, 1.54) is 0 Å². The molecule has 0 unspecified atom stereocenters. The second kappa shape index (κ2) is 15.7. The lowest BCUT2D eigenvalue weighted by Gasteiger charge is -1.57. The first-order chi connectivity index (χ1) is 3.33.